The van der Waals surface area contributed by atoms with Crippen LogP contribution in [0.2, 0.25) is 0 Å². The summed E-state index contributed by atoms with van der Waals surface area (Å²) in [4.78, 5) is 2.26. The van der Waals surface area contributed by atoms with Crippen LogP contribution in [-0.2, 0) is 10.2 Å². The van der Waals surface area contributed by atoms with Gasteiger partial charge in [-0.2, -0.15) is 17.0 Å². The van der Waals surface area contributed by atoms with E-state index in [2.05, 4.69) is 11.0 Å². The first-order valence-corrected chi connectivity index (χ1v) is 10.3. The molecule has 7 heteroatoms. The molecule has 5 nitrogen and oxygen atoms in total. The van der Waals surface area contributed by atoms with Crippen molar-refractivity contribution >= 4 is 16.3 Å². The molecular formula is C18H26FN3O2S. The molecule has 0 saturated carbocycles. The Balaban J connectivity index is 1.52. The zero-order valence-electron chi connectivity index (χ0n) is 14.5. The largest absolute Gasteiger partial charge is 0.298 e. The molecule has 2 aliphatic rings. The Bertz CT molecular complexity index is 685. The van der Waals surface area contributed by atoms with Crippen LogP contribution in [-0.4, -0.2) is 67.7 Å². The molecule has 2 heterocycles. The average Bonchev–Trinajstić information content (AvgIpc) is 3.04. The molecule has 0 aliphatic carbocycles. The third kappa shape index (κ3) is 4.88. The second kappa shape index (κ2) is 8.40. The Morgan fingerprint density at radius 3 is 2.24 bits per heavy atom. The van der Waals surface area contributed by atoms with E-state index in [4.69, 9.17) is 0 Å². The van der Waals surface area contributed by atoms with E-state index < -0.39 is 10.2 Å². The quantitative estimate of drug-likeness (QED) is 0.801. The predicted octanol–water partition coefficient (Wildman–Crippen LogP) is 2.19. The van der Waals surface area contributed by atoms with Crippen molar-refractivity contribution in [1.82, 2.24) is 13.5 Å². The summed E-state index contributed by atoms with van der Waals surface area (Å²) in [5, 5.41) is 0. The Morgan fingerprint density at radius 1 is 0.880 bits per heavy atom. The average molecular weight is 367 g/mol. The highest BCUT2D eigenvalue weighted by Crippen LogP contribution is 2.18. The first-order valence-electron chi connectivity index (χ1n) is 8.95. The fourth-order valence-corrected chi connectivity index (χ4v) is 5.07. The summed E-state index contributed by atoms with van der Waals surface area (Å²) in [6.45, 7) is 4.85. The molecule has 1 aromatic rings. The molecule has 2 aliphatic heterocycles. The minimum Gasteiger partial charge on any atom is -0.298 e. The van der Waals surface area contributed by atoms with E-state index in [1.54, 1.807) is 20.7 Å². The minimum atomic E-state index is -3.29. The van der Waals surface area contributed by atoms with Crippen LogP contribution in [0.15, 0.2) is 30.3 Å². The van der Waals surface area contributed by atoms with Crippen molar-refractivity contribution < 1.29 is 12.8 Å². The minimum absolute atomic E-state index is 0.232. The van der Waals surface area contributed by atoms with Crippen LogP contribution < -0.4 is 0 Å². The van der Waals surface area contributed by atoms with Crippen molar-refractivity contribution in [3.8, 4) is 0 Å². The normalized spacial score (nSPS) is 21.8. The molecule has 1 aromatic carbocycles. The lowest BCUT2D eigenvalue weighted by atomic mass is 10.2. The molecule has 25 heavy (non-hydrogen) atoms. The maximum absolute atomic E-state index is 12.9. The monoisotopic (exact) mass is 367 g/mol. The molecule has 3 rings (SSSR count). The lowest BCUT2D eigenvalue weighted by Crippen LogP contribution is -2.44. The van der Waals surface area contributed by atoms with Gasteiger partial charge in [0.05, 0.1) is 0 Å². The third-order valence-electron chi connectivity index (χ3n) is 4.81. The van der Waals surface area contributed by atoms with E-state index in [-0.39, 0.29) is 5.82 Å². The van der Waals surface area contributed by atoms with Crippen LogP contribution in [0, 0.1) is 5.82 Å². The van der Waals surface area contributed by atoms with Gasteiger partial charge in [0.25, 0.3) is 10.2 Å². The van der Waals surface area contributed by atoms with Crippen LogP contribution in [0.4, 0.5) is 4.39 Å². The smallest absolute Gasteiger partial charge is 0.282 e. The maximum Gasteiger partial charge on any atom is 0.282 e. The number of nitrogens with zero attached hydrogens (tertiary/aromatic N) is 3. The van der Waals surface area contributed by atoms with E-state index in [9.17, 15) is 12.8 Å². The van der Waals surface area contributed by atoms with E-state index in [1.165, 1.54) is 12.1 Å². The molecular weight excluding hydrogens is 341 g/mol. The van der Waals surface area contributed by atoms with Gasteiger partial charge in [-0.15, -0.1) is 0 Å². The summed E-state index contributed by atoms with van der Waals surface area (Å²) >= 11 is 0. The molecule has 0 bridgehead atoms. The molecule has 2 fully saturated rings. The second-order valence-electron chi connectivity index (χ2n) is 6.62. The topological polar surface area (TPSA) is 43.9 Å². The first kappa shape index (κ1) is 18.5. The van der Waals surface area contributed by atoms with E-state index in [1.807, 2.05) is 6.08 Å². The zero-order chi connectivity index (χ0) is 17.7. The molecule has 2 saturated heterocycles. The molecule has 0 spiro atoms. The van der Waals surface area contributed by atoms with Crippen molar-refractivity contribution in [2.75, 3.05) is 45.8 Å². The number of benzene rings is 1. The van der Waals surface area contributed by atoms with Crippen LogP contribution in [0.25, 0.3) is 6.08 Å². The molecule has 0 N–H and O–H groups in total. The molecule has 0 aromatic heterocycles. The molecule has 0 radical (unpaired) electrons. The molecule has 138 valence electrons. The van der Waals surface area contributed by atoms with Crippen molar-refractivity contribution in [3.05, 3.63) is 41.7 Å². The summed E-state index contributed by atoms with van der Waals surface area (Å²) < 4.78 is 41.5. The third-order valence-corrected chi connectivity index (χ3v) is 6.84. The maximum atomic E-state index is 12.9. The fourth-order valence-electron chi connectivity index (χ4n) is 3.35. The van der Waals surface area contributed by atoms with Gasteiger partial charge >= 0.3 is 0 Å². The summed E-state index contributed by atoms with van der Waals surface area (Å²) in [6.07, 6.45) is 6.80. The first-order chi connectivity index (χ1) is 12.1. The fraction of sp³-hybridized carbons (Fsp3) is 0.556. The number of hydrogen-bond acceptors (Lipinski definition) is 3. The van der Waals surface area contributed by atoms with Crippen LogP contribution >= 0.6 is 0 Å². The van der Waals surface area contributed by atoms with Gasteiger partial charge in [-0.3, -0.25) is 4.90 Å². The van der Waals surface area contributed by atoms with Gasteiger partial charge in [0.2, 0.25) is 0 Å². The molecule has 0 amide bonds. The Morgan fingerprint density at radius 2 is 1.52 bits per heavy atom. The molecule has 0 atom stereocenters. The highest BCUT2D eigenvalue weighted by atomic mass is 32.2. The van der Waals surface area contributed by atoms with E-state index >= 15 is 0 Å². The number of rotatable bonds is 5. The summed E-state index contributed by atoms with van der Waals surface area (Å²) in [5.74, 6) is -0.232. The second-order valence-corrected chi connectivity index (χ2v) is 8.55. The highest BCUT2D eigenvalue weighted by molar-refractivity contribution is 7.86. The van der Waals surface area contributed by atoms with E-state index in [0.717, 1.165) is 44.5 Å². The van der Waals surface area contributed by atoms with Gasteiger partial charge in [-0.25, -0.2) is 4.39 Å². The van der Waals surface area contributed by atoms with Crippen LogP contribution in [0.3, 0.4) is 0 Å². The van der Waals surface area contributed by atoms with Crippen LogP contribution in [0.1, 0.15) is 24.8 Å². The number of hydrogen-bond donors (Lipinski definition) is 0. The van der Waals surface area contributed by atoms with Crippen molar-refractivity contribution in [3.63, 3.8) is 0 Å². The van der Waals surface area contributed by atoms with Gasteiger partial charge in [0.15, 0.2) is 0 Å². The van der Waals surface area contributed by atoms with Gasteiger partial charge in [-0.1, -0.05) is 24.3 Å². The van der Waals surface area contributed by atoms with Crippen molar-refractivity contribution in [1.29, 1.82) is 0 Å². The Hall–Kier alpha value is -1.28. The van der Waals surface area contributed by atoms with Gasteiger partial charge < -0.3 is 0 Å². The predicted molar refractivity (Wildman–Crippen MR) is 97.8 cm³/mol. The Labute approximate surface area is 149 Å². The lowest BCUT2D eigenvalue weighted by Gasteiger charge is -2.26. The standard InChI is InChI=1S/C18H26FN3O2S/c19-18-8-6-17(7-9-18)5-3-10-20-11-4-14-22(16-15-20)25(23,24)21-12-1-2-13-21/h3,5-9H,1-2,4,10-16H2. The Kier molecular flexibility index (Phi) is 6.22. The van der Waals surface area contributed by atoms with E-state index in [0.29, 0.717) is 26.2 Å². The number of halogens is 1. The van der Waals surface area contributed by atoms with Crippen molar-refractivity contribution in [2.45, 2.75) is 19.3 Å². The van der Waals surface area contributed by atoms with Gasteiger partial charge in [-0.05, 0) is 43.5 Å². The van der Waals surface area contributed by atoms with Gasteiger partial charge in [0.1, 0.15) is 5.82 Å². The van der Waals surface area contributed by atoms with Gasteiger partial charge in [0, 0.05) is 39.3 Å². The highest BCUT2D eigenvalue weighted by Gasteiger charge is 2.32. The molecule has 0 unspecified atom stereocenters. The lowest BCUT2D eigenvalue weighted by molar-refractivity contribution is 0.312. The van der Waals surface area contributed by atoms with Crippen LogP contribution in [0.5, 0.6) is 0 Å². The summed E-state index contributed by atoms with van der Waals surface area (Å²) in [5.41, 5.74) is 0.967. The zero-order valence-corrected chi connectivity index (χ0v) is 15.3. The summed E-state index contributed by atoms with van der Waals surface area (Å²) in [6, 6.07) is 6.40. The summed E-state index contributed by atoms with van der Waals surface area (Å²) in [7, 11) is -3.29. The van der Waals surface area contributed by atoms with Crippen molar-refractivity contribution in [2.24, 2.45) is 0 Å². The SMILES string of the molecule is O=S(=O)(N1CCCC1)N1CCCN(CC=Cc2ccc(F)cc2)CC1.